The van der Waals surface area contributed by atoms with Gasteiger partial charge >= 0.3 is 0 Å². The molecule has 0 amide bonds. The Morgan fingerprint density at radius 3 is 2.77 bits per heavy atom. The second kappa shape index (κ2) is 7.42. The van der Waals surface area contributed by atoms with Gasteiger partial charge in [-0.15, -0.1) is 0 Å². The van der Waals surface area contributed by atoms with Crippen molar-refractivity contribution in [2.75, 3.05) is 39.5 Å². The summed E-state index contributed by atoms with van der Waals surface area (Å²) in [6, 6.07) is 5.08. The van der Waals surface area contributed by atoms with E-state index < -0.39 is 5.60 Å². The Morgan fingerprint density at radius 1 is 1.23 bits per heavy atom. The summed E-state index contributed by atoms with van der Waals surface area (Å²) in [6.07, 6.45) is 3.49. The number of piperidine rings is 1. The van der Waals surface area contributed by atoms with E-state index in [1.165, 1.54) is 0 Å². The van der Waals surface area contributed by atoms with Crippen LogP contribution in [0.5, 0.6) is 11.6 Å². The molecule has 2 saturated heterocycles. The molecule has 3 heterocycles. The molecule has 26 heavy (non-hydrogen) atoms. The van der Waals surface area contributed by atoms with Gasteiger partial charge in [0.2, 0.25) is 0 Å². The van der Waals surface area contributed by atoms with Crippen LogP contribution in [0.15, 0.2) is 22.7 Å². The number of hydrogen-bond donors (Lipinski definition) is 2. The molecule has 0 atom stereocenters. The minimum atomic E-state index is -0.598. The zero-order valence-corrected chi connectivity index (χ0v) is 14.9. The zero-order chi connectivity index (χ0) is 18.0. The first kappa shape index (κ1) is 17.6. The molecule has 2 aliphatic rings. The van der Waals surface area contributed by atoms with Crippen molar-refractivity contribution in [1.82, 2.24) is 10.1 Å². The van der Waals surface area contributed by atoms with E-state index >= 15 is 0 Å². The number of β-amino-alcohol motifs (C(OH)–C–C–N with tert-alkyl or cyclic N) is 1. The Hall–Kier alpha value is -1.83. The van der Waals surface area contributed by atoms with Crippen LogP contribution in [0.4, 0.5) is 0 Å². The molecule has 0 radical (unpaired) electrons. The van der Waals surface area contributed by atoms with E-state index in [2.05, 4.69) is 10.1 Å². The zero-order valence-electron chi connectivity index (χ0n) is 14.9. The lowest BCUT2D eigenvalue weighted by Gasteiger charge is -2.39. The third-order valence-electron chi connectivity index (χ3n) is 5.55. The summed E-state index contributed by atoms with van der Waals surface area (Å²) >= 11 is 0. The van der Waals surface area contributed by atoms with Gasteiger partial charge in [0.1, 0.15) is 11.1 Å². The predicted octanol–water partition coefficient (Wildman–Crippen LogP) is 2.17. The highest BCUT2D eigenvalue weighted by Crippen LogP contribution is 2.33. The fourth-order valence-electron chi connectivity index (χ4n) is 3.88. The largest absolute Gasteiger partial charge is 0.507 e. The van der Waals surface area contributed by atoms with Gasteiger partial charge in [-0.1, -0.05) is 6.07 Å². The highest BCUT2D eigenvalue weighted by atomic mass is 16.5. The quantitative estimate of drug-likeness (QED) is 0.843. The third-order valence-corrected chi connectivity index (χ3v) is 5.55. The average Bonchev–Trinajstić information content (AvgIpc) is 3.06. The number of phenols is 1. The number of hydrogen-bond acceptors (Lipinski definition) is 7. The van der Waals surface area contributed by atoms with Crippen molar-refractivity contribution in [2.45, 2.75) is 31.3 Å². The number of aromatic hydroxyl groups is 1. The first-order chi connectivity index (χ1) is 12.6. The number of likely N-dealkylation sites (tertiary alicyclic amines) is 1. The smallest absolute Gasteiger partial charge is 0.265 e. The molecule has 0 saturated carbocycles. The molecule has 1 aromatic heterocycles. The second-order valence-electron chi connectivity index (χ2n) is 7.51. The summed E-state index contributed by atoms with van der Waals surface area (Å²) in [5, 5.41) is 25.1. The number of aliphatic hydroxyl groups is 1. The van der Waals surface area contributed by atoms with Gasteiger partial charge in [-0.05, 0) is 49.1 Å². The first-order valence-corrected chi connectivity index (χ1v) is 9.36. The lowest BCUT2D eigenvalue weighted by Crippen LogP contribution is -2.49. The van der Waals surface area contributed by atoms with Crippen LogP contribution in [-0.4, -0.2) is 65.3 Å². The molecule has 2 N–H and O–H groups in total. The number of aromatic nitrogens is 1. The van der Waals surface area contributed by atoms with Crippen LogP contribution < -0.4 is 4.74 Å². The van der Waals surface area contributed by atoms with Gasteiger partial charge in [-0.2, -0.15) is 0 Å². The SMILES string of the molecule is Oc1cccc2onc(OCC3CCN(CC4(O)CCOCC4)CC3)c12. The molecular formula is C19H26N2O5. The minimum absolute atomic E-state index is 0.123. The highest BCUT2D eigenvalue weighted by molar-refractivity contribution is 5.88. The maximum absolute atomic E-state index is 10.7. The van der Waals surface area contributed by atoms with Crippen molar-refractivity contribution in [3.63, 3.8) is 0 Å². The summed E-state index contributed by atoms with van der Waals surface area (Å²) in [4.78, 5) is 2.35. The van der Waals surface area contributed by atoms with Crippen molar-refractivity contribution in [3.05, 3.63) is 18.2 Å². The molecule has 0 bridgehead atoms. The van der Waals surface area contributed by atoms with Crippen LogP contribution in [0.2, 0.25) is 0 Å². The van der Waals surface area contributed by atoms with E-state index in [0.29, 0.717) is 42.6 Å². The van der Waals surface area contributed by atoms with E-state index in [9.17, 15) is 10.2 Å². The summed E-state index contributed by atoms with van der Waals surface area (Å²) in [6.45, 7) is 4.51. The van der Waals surface area contributed by atoms with E-state index in [0.717, 1.165) is 45.3 Å². The van der Waals surface area contributed by atoms with Crippen LogP contribution in [0.25, 0.3) is 11.0 Å². The lowest BCUT2D eigenvalue weighted by molar-refractivity contribution is -0.0834. The molecule has 0 aliphatic carbocycles. The Balaban J connectivity index is 1.27. The molecule has 1 aromatic carbocycles. The molecule has 2 aromatic rings. The maximum atomic E-state index is 10.7. The number of rotatable bonds is 5. The number of fused-ring (bicyclic) bond motifs is 1. The van der Waals surface area contributed by atoms with Gasteiger partial charge in [0.25, 0.3) is 5.88 Å². The molecule has 0 unspecified atom stereocenters. The van der Waals surface area contributed by atoms with Gasteiger partial charge < -0.3 is 29.1 Å². The maximum Gasteiger partial charge on any atom is 0.265 e. The first-order valence-electron chi connectivity index (χ1n) is 9.36. The molecule has 7 nitrogen and oxygen atoms in total. The number of benzene rings is 1. The minimum Gasteiger partial charge on any atom is -0.507 e. The van der Waals surface area contributed by atoms with Crippen LogP contribution in [0.3, 0.4) is 0 Å². The predicted molar refractivity (Wildman–Crippen MR) is 95.3 cm³/mol. The van der Waals surface area contributed by atoms with Crippen LogP contribution in [0, 0.1) is 5.92 Å². The summed E-state index contributed by atoms with van der Waals surface area (Å²) in [5.74, 6) is 0.920. The van der Waals surface area contributed by atoms with Crippen LogP contribution in [0.1, 0.15) is 25.7 Å². The van der Waals surface area contributed by atoms with E-state index in [1.54, 1.807) is 18.2 Å². The Bertz CT molecular complexity index is 733. The Kier molecular flexibility index (Phi) is 5.02. The van der Waals surface area contributed by atoms with Crippen LogP contribution >= 0.6 is 0 Å². The van der Waals surface area contributed by atoms with Gasteiger partial charge in [0, 0.05) is 32.6 Å². The summed E-state index contributed by atoms with van der Waals surface area (Å²) in [5.41, 5.74) is -0.0711. The van der Waals surface area contributed by atoms with E-state index in [1.807, 2.05) is 0 Å². The molecule has 2 fully saturated rings. The van der Waals surface area contributed by atoms with Gasteiger partial charge in [0.05, 0.1) is 12.2 Å². The molecule has 7 heteroatoms. The van der Waals surface area contributed by atoms with E-state index in [4.69, 9.17) is 14.0 Å². The molecule has 0 spiro atoms. The Labute approximate surface area is 152 Å². The van der Waals surface area contributed by atoms with Crippen molar-refractivity contribution in [3.8, 4) is 11.6 Å². The van der Waals surface area contributed by atoms with Crippen LogP contribution in [-0.2, 0) is 4.74 Å². The fourth-order valence-corrected chi connectivity index (χ4v) is 3.88. The third kappa shape index (κ3) is 3.79. The monoisotopic (exact) mass is 362 g/mol. The van der Waals surface area contributed by atoms with Gasteiger partial charge in [-0.25, -0.2) is 0 Å². The lowest BCUT2D eigenvalue weighted by atomic mass is 9.91. The average molecular weight is 362 g/mol. The molecular weight excluding hydrogens is 336 g/mol. The Morgan fingerprint density at radius 2 is 2.00 bits per heavy atom. The standard InChI is InChI=1S/C19H26N2O5/c22-15-2-1-3-16-17(15)18(20-26-16)25-12-14-4-8-21(9-5-14)13-19(23)6-10-24-11-7-19/h1-3,14,22-23H,4-13H2. The summed E-state index contributed by atoms with van der Waals surface area (Å²) in [7, 11) is 0. The molecule has 142 valence electrons. The van der Waals surface area contributed by atoms with Gasteiger partial charge in [-0.3, -0.25) is 0 Å². The fraction of sp³-hybridized carbons (Fsp3) is 0.632. The number of ether oxygens (including phenoxy) is 2. The summed E-state index contributed by atoms with van der Waals surface area (Å²) < 4.78 is 16.4. The number of nitrogens with zero attached hydrogens (tertiary/aromatic N) is 2. The topological polar surface area (TPSA) is 88.2 Å². The van der Waals surface area contributed by atoms with Crippen molar-refractivity contribution in [2.24, 2.45) is 5.92 Å². The normalized spacial score (nSPS) is 21.9. The van der Waals surface area contributed by atoms with Crippen molar-refractivity contribution < 1.29 is 24.2 Å². The number of phenolic OH excluding ortho intramolecular Hbond substituents is 1. The molecule has 2 aliphatic heterocycles. The van der Waals surface area contributed by atoms with Crippen molar-refractivity contribution >= 4 is 11.0 Å². The second-order valence-corrected chi connectivity index (χ2v) is 7.51. The molecule has 4 rings (SSSR count). The van der Waals surface area contributed by atoms with E-state index in [-0.39, 0.29) is 5.75 Å². The van der Waals surface area contributed by atoms with Crippen molar-refractivity contribution in [1.29, 1.82) is 0 Å². The van der Waals surface area contributed by atoms with Gasteiger partial charge in [0.15, 0.2) is 5.58 Å². The highest BCUT2D eigenvalue weighted by Gasteiger charge is 2.33.